The van der Waals surface area contributed by atoms with E-state index in [0.717, 1.165) is 31.5 Å². The molecule has 1 saturated heterocycles. The number of thiol groups is 1. The Labute approximate surface area is 131 Å². The Kier molecular flexibility index (Phi) is 5.67. The number of amides is 2. The molecule has 1 aromatic rings. The number of hydrogen-bond acceptors (Lipinski definition) is 3. The lowest BCUT2D eigenvalue weighted by Crippen LogP contribution is -2.48. The molecular formula is C16H22N2O2S. The molecular weight excluding hydrogens is 284 g/mol. The summed E-state index contributed by atoms with van der Waals surface area (Å²) in [6, 6.07) is 9.26. The number of carbonyl (C=O) groups excluding carboxylic acids is 2. The summed E-state index contributed by atoms with van der Waals surface area (Å²) < 4.78 is 0. The first kappa shape index (κ1) is 15.9. The van der Waals surface area contributed by atoms with Gasteiger partial charge < -0.3 is 10.2 Å². The largest absolute Gasteiger partial charge is 0.344 e. The zero-order valence-electron chi connectivity index (χ0n) is 12.3. The Morgan fingerprint density at radius 3 is 2.48 bits per heavy atom. The molecule has 0 spiro atoms. The maximum Gasteiger partial charge on any atom is 0.244 e. The molecule has 114 valence electrons. The first-order valence-electron chi connectivity index (χ1n) is 7.39. The summed E-state index contributed by atoms with van der Waals surface area (Å²) >= 11 is 4.35. The molecule has 1 heterocycles. The molecule has 1 N–H and O–H groups in total. The lowest BCUT2D eigenvalue weighted by atomic mass is 10.1. The van der Waals surface area contributed by atoms with Crippen LogP contribution in [0.3, 0.4) is 0 Å². The smallest absolute Gasteiger partial charge is 0.244 e. The standard InChI is InChI=1S/C16H22N2O2S/c1-12(16(20)18-9-5-6-10-18)17-15(19)14(21)11-13-7-3-2-4-8-13/h2-4,7-8,12,14,21H,5-6,9-11H2,1H3,(H,17,19). The van der Waals surface area contributed by atoms with Gasteiger partial charge in [-0.25, -0.2) is 0 Å². The predicted octanol–water partition coefficient (Wildman–Crippen LogP) is 1.65. The van der Waals surface area contributed by atoms with Crippen molar-refractivity contribution in [2.75, 3.05) is 13.1 Å². The fourth-order valence-corrected chi connectivity index (χ4v) is 2.80. The van der Waals surface area contributed by atoms with Crippen LogP contribution in [0, 0.1) is 0 Å². The van der Waals surface area contributed by atoms with Crippen LogP contribution >= 0.6 is 12.6 Å². The van der Waals surface area contributed by atoms with Crippen molar-refractivity contribution >= 4 is 24.4 Å². The van der Waals surface area contributed by atoms with Gasteiger partial charge in [0.2, 0.25) is 11.8 Å². The summed E-state index contributed by atoms with van der Waals surface area (Å²) in [4.78, 5) is 26.1. The summed E-state index contributed by atoms with van der Waals surface area (Å²) in [7, 11) is 0. The maximum absolute atomic E-state index is 12.1. The molecule has 0 aromatic heterocycles. The average molecular weight is 306 g/mol. The Morgan fingerprint density at radius 1 is 1.24 bits per heavy atom. The highest BCUT2D eigenvalue weighted by Gasteiger charge is 2.25. The quantitative estimate of drug-likeness (QED) is 0.813. The van der Waals surface area contributed by atoms with Crippen LogP contribution in [0.1, 0.15) is 25.3 Å². The normalized spacial score (nSPS) is 17.3. The molecule has 1 aliphatic heterocycles. The van der Waals surface area contributed by atoms with E-state index < -0.39 is 11.3 Å². The first-order chi connectivity index (χ1) is 10.1. The predicted molar refractivity (Wildman–Crippen MR) is 86.3 cm³/mol. The minimum absolute atomic E-state index is 0.00101. The SMILES string of the molecule is CC(NC(=O)C(S)Cc1ccccc1)C(=O)N1CCCC1. The minimum Gasteiger partial charge on any atom is -0.344 e. The summed E-state index contributed by atoms with van der Waals surface area (Å²) in [6.07, 6.45) is 2.66. The van der Waals surface area contributed by atoms with E-state index in [1.54, 1.807) is 6.92 Å². The van der Waals surface area contributed by atoms with Gasteiger partial charge in [-0.05, 0) is 31.7 Å². The zero-order chi connectivity index (χ0) is 15.2. The van der Waals surface area contributed by atoms with Crippen LogP contribution in [0.15, 0.2) is 30.3 Å². The van der Waals surface area contributed by atoms with Crippen LogP contribution in [0.4, 0.5) is 0 Å². The monoisotopic (exact) mass is 306 g/mol. The van der Waals surface area contributed by atoms with Gasteiger partial charge in [0.1, 0.15) is 6.04 Å². The molecule has 1 aromatic carbocycles. The number of carbonyl (C=O) groups is 2. The van der Waals surface area contributed by atoms with E-state index in [1.807, 2.05) is 35.2 Å². The van der Waals surface area contributed by atoms with E-state index in [9.17, 15) is 9.59 Å². The van der Waals surface area contributed by atoms with E-state index >= 15 is 0 Å². The molecule has 0 aliphatic carbocycles. The number of benzene rings is 1. The van der Waals surface area contributed by atoms with Crippen molar-refractivity contribution in [1.82, 2.24) is 10.2 Å². The van der Waals surface area contributed by atoms with Gasteiger partial charge in [-0.3, -0.25) is 9.59 Å². The number of nitrogens with zero attached hydrogens (tertiary/aromatic N) is 1. The molecule has 0 saturated carbocycles. The lowest BCUT2D eigenvalue weighted by molar-refractivity contribution is -0.134. The van der Waals surface area contributed by atoms with Gasteiger partial charge in [-0.15, -0.1) is 0 Å². The Balaban J connectivity index is 1.83. The third kappa shape index (κ3) is 4.49. The van der Waals surface area contributed by atoms with Crippen LogP contribution < -0.4 is 5.32 Å². The van der Waals surface area contributed by atoms with E-state index in [2.05, 4.69) is 17.9 Å². The van der Waals surface area contributed by atoms with Crippen LogP contribution in [0.25, 0.3) is 0 Å². The summed E-state index contributed by atoms with van der Waals surface area (Å²) in [6.45, 7) is 3.34. The number of nitrogens with one attached hydrogen (secondary N) is 1. The Bertz CT molecular complexity index is 486. The van der Waals surface area contributed by atoms with E-state index in [1.165, 1.54) is 0 Å². The number of likely N-dealkylation sites (tertiary alicyclic amines) is 1. The van der Waals surface area contributed by atoms with Crippen LogP contribution in [0.5, 0.6) is 0 Å². The molecule has 0 bridgehead atoms. The van der Waals surface area contributed by atoms with E-state index in [4.69, 9.17) is 0 Å². The number of hydrogen-bond donors (Lipinski definition) is 2. The second-order valence-electron chi connectivity index (χ2n) is 5.47. The van der Waals surface area contributed by atoms with Crippen LogP contribution in [-0.4, -0.2) is 41.1 Å². The van der Waals surface area contributed by atoms with Gasteiger partial charge >= 0.3 is 0 Å². The fraction of sp³-hybridized carbons (Fsp3) is 0.500. The van der Waals surface area contributed by atoms with Crippen molar-refractivity contribution in [3.63, 3.8) is 0 Å². The van der Waals surface area contributed by atoms with Crippen molar-refractivity contribution in [2.24, 2.45) is 0 Å². The average Bonchev–Trinajstić information content (AvgIpc) is 3.01. The van der Waals surface area contributed by atoms with Crippen LogP contribution in [-0.2, 0) is 16.0 Å². The van der Waals surface area contributed by atoms with Crippen molar-refractivity contribution < 1.29 is 9.59 Å². The molecule has 2 rings (SSSR count). The Morgan fingerprint density at radius 2 is 1.86 bits per heavy atom. The third-order valence-corrected chi connectivity index (χ3v) is 4.14. The molecule has 2 amide bonds. The zero-order valence-corrected chi connectivity index (χ0v) is 13.2. The van der Waals surface area contributed by atoms with Gasteiger partial charge in [0.25, 0.3) is 0 Å². The molecule has 21 heavy (non-hydrogen) atoms. The second kappa shape index (κ2) is 7.50. The maximum atomic E-state index is 12.1. The van der Waals surface area contributed by atoms with Gasteiger partial charge in [0, 0.05) is 13.1 Å². The first-order valence-corrected chi connectivity index (χ1v) is 7.90. The third-order valence-electron chi connectivity index (χ3n) is 3.72. The molecule has 2 atom stereocenters. The van der Waals surface area contributed by atoms with Gasteiger partial charge in [-0.2, -0.15) is 12.6 Å². The van der Waals surface area contributed by atoms with Crippen molar-refractivity contribution in [2.45, 2.75) is 37.5 Å². The summed E-state index contributed by atoms with van der Waals surface area (Å²) in [5.74, 6) is -0.191. The highest BCUT2D eigenvalue weighted by Crippen LogP contribution is 2.11. The molecule has 0 radical (unpaired) electrons. The highest BCUT2D eigenvalue weighted by molar-refractivity contribution is 7.81. The van der Waals surface area contributed by atoms with Crippen molar-refractivity contribution in [3.05, 3.63) is 35.9 Å². The van der Waals surface area contributed by atoms with Gasteiger partial charge in [0.05, 0.1) is 5.25 Å². The highest BCUT2D eigenvalue weighted by atomic mass is 32.1. The van der Waals surface area contributed by atoms with Crippen LogP contribution in [0.2, 0.25) is 0 Å². The van der Waals surface area contributed by atoms with Gasteiger partial charge in [-0.1, -0.05) is 30.3 Å². The number of rotatable bonds is 5. The van der Waals surface area contributed by atoms with E-state index in [0.29, 0.717) is 6.42 Å². The minimum atomic E-state index is -0.485. The van der Waals surface area contributed by atoms with Crippen molar-refractivity contribution in [3.8, 4) is 0 Å². The molecule has 4 nitrogen and oxygen atoms in total. The van der Waals surface area contributed by atoms with Crippen molar-refractivity contribution in [1.29, 1.82) is 0 Å². The lowest BCUT2D eigenvalue weighted by Gasteiger charge is -2.22. The molecule has 5 heteroatoms. The Hall–Kier alpha value is -1.49. The molecule has 1 aliphatic rings. The topological polar surface area (TPSA) is 49.4 Å². The summed E-state index contributed by atoms with van der Waals surface area (Å²) in [5.41, 5.74) is 1.06. The molecule has 1 fully saturated rings. The van der Waals surface area contributed by atoms with E-state index in [-0.39, 0.29) is 11.8 Å². The molecule has 2 unspecified atom stereocenters. The fourth-order valence-electron chi connectivity index (χ4n) is 2.51. The second-order valence-corrected chi connectivity index (χ2v) is 6.09. The summed E-state index contributed by atoms with van der Waals surface area (Å²) in [5, 5.41) is 2.33. The van der Waals surface area contributed by atoms with Gasteiger partial charge in [0.15, 0.2) is 0 Å².